The summed E-state index contributed by atoms with van der Waals surface area (Å²) in [5.41, 5.74) is 0.519. The zero-order valence-electron chi connectivity index (χ0n) is 19.8. The van der Waals surface area contributed by atoms with Crippen molar-refractivity contribution in [2.45, 2.75) is 49.2 Å². The molecule has 2 saturated heterocycles. The minimum absolute atomic E-state index is 0.337. The van der Waals surface area contributed by atoms with Crippen LogP contribution in [0.3, 0.4) is 0 Å². The van der Waals surface area contributed by atoms with Crippen LogP contribution >= 0.6 is 0 Å². The molecule has 0 aromatic heterocycles. The molecular weight excluding hydrogens is 418 g/mol. The van der Waals surface area contributed by atoms with Gasteiger partial charge in [-0.15, -0.1) is 0 Å². The molecule has 6 atom stereocenters. The van der Waals surface area contributed by atoms with Gasteiger partial charge < -0.3 is 44.7 Å². The van der Waals surface area contributed by atoms with Gasteiger partial charge in [0.2, 0.25) is 5.91 Å². The molecule has 31 heavy (non-hydrogen) atoms. The van der Waals surface area contributed by atoms with Crippen LogP contribution in [0, 0.1) is 0 Å². The van der Waals surface area contributed by atoms with E-state index in [1.54, 1.807) is 30.3 Å². The summed E-state index contributed by atoms with van der Waals surface area (Å²) >= 11 is 0. The summed E-state index contributed by atoms with van der Waals surface area (Å²) in [7, 11) is 0. The molecule has 0 unspecified atom stereocenters. The van der Waals surface area contributed by atoms with Gasteiger partial charge in [0.05, 0.1) is 27.9 Å². The first kappa shape index (κ1) is 17.9. The third kappa shape index (κ3) is 4.94. The van der Waals surface area contributed by atoms with E-state index >= 15 is 0 Å². The molecule has 2 bridgehead atoms. The van der Waals surface area contributed by atoms with Gasteiger partial charge in [0.15, 0.2) is 6.10 Å². The highest BCUT2D eigenvalue weighted by Gasteiger charge is 2.63. The van der Waals surface area contributed by atoms with Crippen LogP contribution in [0.25, 0.3) is 0 Å². The Balaban J connectivity index is 1.92. The Kier molecular flexibility index (Phi) is 5.52. The second-order valence-electron chi connectivity index (χ2n) is 6.65. The van der Waals surface area contributed by atoms with E-state index < -0.39 is 73.8 Å². The van der Waals surface area contributed by atoms with E-state index in [0.717, 1.165) is 0 Å². The van der Waals surface area contributed by atoms with Crippen molar-refractivity contribution in [3.8, 4) is 0 Å². The lowest BCUT2D eigenvalue weighted by Gasteiger charge is -2.50. The smallest absolute Gasteiger partial charge is 0.452 e. The Bertz CT molecular complexity index is 960. The number of aliphatic hydroxyl groups is 4. The highest BCUT2D eigenvalue weighted by atomic mass is 16.8. The van der Waals surface area contributed by atoms with Gasteiger partial charge in [-0.3, -0.25) is 4.79 Å². The number of carbonyl (C=O) groups excluding carboxylic acids is 3. The van der Waals surface area contributed by atoms with Crippen molar-refractivity contribution in [2.75, 3.05) is 13.2 Å². The number of esters is 1. The number of hydrogen-bond acceptors (Lipinski definition) is 11. The number of benzene rings is 1. The Morgan fingerprint density at radius 1 is 1.35 bits per heavy atom. The number of hydrogen-bond donors (Lipinski definition) is 5. The fourth-order valence-corrected chi connectivity index (χ4v) is 3.11. The summed E-state index contributed by atoms with van der Waals surface area (Å²) in [5, 5.41) is 41.2. The molecule has 12 heteroatoms. The van der Waals surface area contributed by atoms with Crippen LogP contribution in [0.4, 0.5) is 4.79 Å². The van der Waals surface area contributed by atoms with Gasteiger partial charge in [-0.25, -0.2) is 9.59 Å². The lowest BCUT2D eigenvalue weighted by Crippen LogP contribution is -2.73. The van der Waals surface area contributed by atoms with E-state index in [-0.39, 0.29) is 6.61 Å². The molecule has 12 nitrogen and oxygen atoms in total. The average Bonchev–Trinajstić information content (AvgIpc) is 2.80. The zero-order valence-corrected chi connectivity index (χ0v) is 15.8. The third-order valence-electron chi connectivity index (χ3n) is 4.56. The summed E-state index contributed by atoms with van der Waals surface area (Å²) in [6, 6.07) is 6.27. The zero-order chi connectivity index (χ0) is 26.2. The van der Waals surface area contributed by atoms with Crippen molar-refractivity contribution in [1.29, 1.82) is 0 Å². The number of ether oxygens (including phenoxy) is 4. The molecular formula is C19H23NO11. The molecule has 1 aromatic carbocycles. The molecule has 2 aliphatic heterocycles. The molecule has 0 radical (unpaired) electrons. The van der Waals surface area contributed by atoms with Crippen molar-refractivity contribution >= 4 is 18.0 Å². The minimum Gasteiger partial charge on any atom is -0.452 e. The molecule has 0 aliphatic carbocycles. The highest BCUT2D eigenvalue weighted by Crippen LogP contribution is 2.39. The first-order chi connectivity index (χ1) is 16.2. The second-order valence-corrected chi connectivity index (χ2v) is 6.65. The van der Waals surface area contributed by atoms with Crippen molar-refractivity contribution < 1.29 is 59.2 Å². The molecule has 2 aliphatic rings. The maximum atomic E-state index is 12.8. The standard InChI is InChI=1S/C19H23NO11/c21-7-12(24)15-16-14(20-13(25)8-22)11(23)6-19(30-16,17(26)29-15)31-18(27)28-9-10-4-2-1-3-5-10/h1-5,11-12,14-16,21-24H,6-9H2,(H,20,25)/t11-,12+,14+,15+,16+,19+/m0/s1/i6D2,8D2. The van der Waals surface area contributed by atoms with Crippen molar-refractivity contribution in [3.63, 3.8) is 0 Å². The number of carbonyl (C=O) groups is 3. The Hall–Kier alpha value is -2.77. The van der Waals surface area contributed by atoms with Gasteiger partial charge in [-0.05, 0) is 5.56 Å². The van der Waals surface area contributed by atoms with E-state index in [1.165, 1.54) is 0 Å². The molecule has 1 aromatic rings. The van der Waals surface area contributed by atoms with E-state index in [4.69, 9.17) is 24.4 Å². The molecule has 2 fully saturated rings. The first-order valence-corrected chi connectivity index (χ1v) is 9.03. The molecule has 0 spiro atoms. The number of amides is 1. The Morgan fingerprint density at radius 2 is 2.06 bits per heavy atom. The quantitative estimate of drug-likeness (QED) is 0.291. The van der Waals surface area contributed by atoms with Crippen molar-refractivity contribution in [1.82, 2.24) is 5.32 Å². The molecule has 3 rings (SSSR count). The highest BCUT2D eigenvalue weighted by molar-refractivity contribution is 5.82. The van der Waals surface area contributed by atoms with Crippen LogP contribution in [0.1, 0.15) is 17.4 Å². The summed E-state index contributed by atoms with van der Waals surface area (Å²) in [5.74, 6) is -6.67. The number of fused-ring (bicyclic) bond motifs is 2. The maximum absolute atomic E-state index is 12.8. The van der Waals surface area contributed by atoms with Gasteiger partial charge in [-0.2, -0.15) is 0 Å². The van der Waals surface area contributed by atoms with Crippen LogP contribution in [-0.4, -0.2) is 87.9 Å². The fraction of sp³-hybridized carbons (Fsp3) is 0.526. The summed E-state index contributed by atoms with van der Waals surface area (Å²) < 4.78 is 50.8. The van der Waals surface area contributed by atoms with Crippen molar-refractivity contribution in [2.24, 2.45) is 0 Å². The Morgan fingerprint density at radius 3 is 2.71 bits per heavy atom. The van der Waals surface area contributed by atoms with E-state index in [2.05, 4.69) is 0 Å². The minimum atomic E-state index is -3.46. The van der Waals surface area contributed by atoms with Gasteiger partial charge in [0.1, 0.15) is 25.4 Å². The molecule has 0 saturated carbocycles. The molecule has 2 heterocycles. The van der Waals surface area contributed by atoms with Crippen LogP contribution in [0.2, 0.25) is 0 Å². The first-order valence-electron chi connectivity index (χ1n) is 11.0. The van der Waals surface area contributed by atoms with Gasteiger partial charge in [-0.1, -0.05) is 30.3 Å². The van der Waals surface area contributed by atoms with Crippen LogP contribution < -0.4 is 5.32 Å². The fourth-order valence-electron chi connectivity index (χ4n) is 3.11. The van der Waals surface area contributed by atoms with E-state index in [0.29, 0.717) is 5.56 Å². The number of cyclic esters (lactones) is 1. The predicted molar refractivity (Wildman–Crippen MR) is 97.9 cm³/mol. The van der Waals surface area contributed by atoms with E-state index in [9.17, 15) is 34.8 Å². The SMILES string of the molecule is [2H]C([2H])(O)C(=O)N[C@H]1[C@H]2O[C@](OC(=O)OCc3ccccc3)(C(=O)O[C@@H]2[C@H](O)CO)C([2H])([2H])[C@@H]1O. The van der Waals surface area contributed by atoms with Gasteiger partial charge in [0.25, 0.3) is 0 Å². The predicted octanol–water partition coefficient (Wildman–Crippen LogP) is -2.06. The summed E-state index contributed by atoms with van der Waals surface area (Å²) in [4.78, 5) is 37.2. The lowest BCUT2D eigenvalue weighted by molar-refractivity contribution is -0.331. The van der Waals surface area contributed by atoms with Crippen molar-refractivity contribution in [3.05, 3.63) is 35.9 Å². The largest absolute Gasteiger partial charge is 0.511 e. The molecule has 170 valence electrons. The molecule has 5 N–H and O–H groups in total. The number of aliphatic hydroxyl groups excluding tert-OH is 3. The topological polar surface area (TPSA) is 181 Å². The van der Waals surface area contributed by atoms with Gasteiger partial charge in [0, 0.05) is 2.74 Å². The lowest BCUT2D eigenvalue weighted by atomic mass is 9.86. The Labute approximate surface area is 181 Å². The average molecular weight is 445 g/mol. The van der Waals surface area contributed by atoms with Crippen LogP contribution in [0.5, 0.6) is 0 Å². The number of rotatable bonds is 7. The monoisotopic (exact) mass is 445 g/mol. The maximum Gasteiger partial charge on any atom is 0.511 e. The number of nitrogens with one attached hydrogen (secondary N) is 1. The summed E-state index contributed by atoms with van der Waals surface area (Å²) in [6.45, 7) is -4.81. The molecule has 1 amide bonds. The second kappa shape index (κ2) is 9.58. The van der Waals surface area contributed by atoms with Crippen LogP contribution in [0.15, 0.2) is 30.3 Å². The third-order valence-corrected chi connectivity index (χ3v) is 4.56. The van der Waals surface area contributed by atoms with Crippen LogP contribution in [-0.2, 0) is 35.1 Å². The van der Waals surface area contributed by atoms with E-state index in [1.807, 2.05) is 5.32 Å². The normalized spacial score (nSPS) is 34.6. The van der Waals surface area contributed by atoms with Gasteiger partial charge >= 0.3 is 17.9 Å². The summed E-state index contributed by atoms with van der Waals surface area (Å²) in [6.07, 6.45) is -12.9.